The van der Waals surface area contributed by atoms with Gasteiger partial charge >= 0.3 is 0 Å². The van der Waals surface area contributed by atoms with Crippen molar-refractivity contribution in [3.63, 3.8) is 0 Å². The van der Waals surface area contributed by atoms with Crippen LogP contribution in [0.25, 0.3) is 0 Å². The first-order valence-corrected chi connectivity index (χ1v) is 8.00. The van der Waals surface area contributed by atoms with E-state index >= 15 is 0 Å². The maximum absolute atomic E-state index is 12.4. The standard InChI is InChI=1S/C18H16ClNO4/c1-2-15(21)13-9-16-17(24-8-7-23-16)10-14(13)20-18(22)11-3-5-12(19)6-4-11/h3-6,9-10H,2,7-8H2,1H3,(H,20,22). The normalized spacial score (nSPS) is 12.6. The Balaban J connectivity index is 1.94. The third-order valence-electron chi connectivity index (χ3n) is 3.66. The zero-order valence-electron chi connectivity index (χ0n) is 13.1. The van der Waals surface area contributed by atoms with Gasteiger partial charge in [-0.1, -0.05) is 18.5 Å². The smallest absolute Gasteiger partial charge is 0.255 e. The predicted octanol–water partition coefficient (Wildman–Crippen LogP) is 3.96. The number of fused-ring (bicyclic) bond motifs is 1. The number of halogens is 1. The minimum absolute atomic E-state index is 0.0848. The Labute approximate surface area is 144 Å². The van der Waals surface area contributed by atoms with Crippen molar-refractivity contribution in [2.24, 2.45) is 0 Å². The van der Waals surface area contributed by atoms with E-state index in [0.717, 1.165) is 0 Å². The molecule has 2 aromatic carbocycles. The molecule has 5 nitrogen and oxygen atoms in total. The summed E-state index contributed by atoms with van der Waals surface area (Å²) < 4.78 is 11.0. The van der Waals surface area contributed by atoms with Gasteiger partial charge in [0.05, 0.1) is 5.69 Å². The molecule has 1 aliphatic heterocycles. The molecule has 0 atom stereocenters. The second-order valence-electron chi connectivity index (χ2n) is 5.28. The highest BCUT2D eigenvalue weighted by Gasteiger charge is 2.20. The van der Waals surface area contributed by atoms with Crippen molar-refractivity contribution >= 4 is 29.0 Å². The summed E-state index contributed by atoms with van der Waals surface area (Å²) in [4.78, 5) is 24.6. The summed E-state index contributed by atoms with van der Waals surface area (Å²) >= 11 is 5.83. The molecule has 3 rings (SSSR count). The molecule has 0 saturated heterocycles. The summed E-state index contributed by atoms with van der Waals surface area (Å²) in [6.45, 7) is 2.63. The monoisotopic (exact) mass is 345 g/mol. The number of amides is 1. The third-order valence-corrected chi connectivity index (χ3v) is 3.91. The molecule has 0 bridgehead atoms. The van der Waals surface area contributed by atoms with Crippen molar-refractivity contribution < 1.29 is 19.1 Å². The average molecular weight is 346 g/mol. The van der Waals surface area contributed by atoms with Crippen molar-refractivity contribution in [1.82, 2.24) is 0 Å². The van der Waals surface area contributed by atoms with Crippen LogP contribution in [0.15, 0.2) is 36.4 Å². The van der Waals surface area contributed by atoms with Gasteiger partial charge < -0.3 is 14.8 Å². The van der Waals surface area contributed by atoms with Crippen LogP contribution in [-0.4, -0.2) is 24.9 Å². The van der Waals surface area contributed by atoms with Crippen molar-refractivity contribution in [1.29, 1.82) is 0 Å². The lowest BCUT2D eigenvalue weighted by Gasteiger charge is -2.21. The Bertz CT molecular complexity index is 786. The molecule has 0 unspecified atom stereocenters. The van der Waals surface area contributed by atoms with E-state index in [1.807, 2.05) is 0 Å². The minimum Gasteiger partial charge on any atom is -0.486 e. The average Bonchev–Trinajstić information content (AvgIpc) is 2.61. The number of nitrogens with one attached hydrogen (secondary N) is 1. The van der Waals surface area contributed by atoms with E-state index in [1.165, 1.54) is 0 Å². The Kier molecular flexibility index (Phi) is 4.71. The number of Topliss-reactive ketones (excluding diaryl/α,β-unsaturated/α-hetero) is 1. The number of carbonyl (C=O) groups excluding carboxylic acids is 2. The molecule has 24 heavy (non-hydrogen) atoms. The molecule has 0 aromatic heterocycles. The number of rotatable bonds is 4. The van der Waals surface area contributed by atoms with E-state index in [9.17, 15) is 9.59 Å². The van der Waals surface area contributed by atoms with Gasteiger partial charge in [0, 0.05) is 28.6 Å². The van der Waals surface area contributed by atoms with Crippen LogP contribution in [0.1, 0.15) is 34.1 Å². The third kappa shape index (κ3) is 3.36. The molecular formula is C18H16ClNO4. The van der Waals surface area contributed by atoms with Crippen molar-refractivity contribution in [2.45, 2.75) is 13.3 Å². The van der Waals surface area contributed by atoms with Gasteiger partial charge in [-0.25, -0.2) is 0 Å². The second-order valence-corrected chi connectivity index (χ2v) is 5.72. The van der Waals surface area contributed by atoms with Crippen LogP contribution in [0, 0.1) is 0 Å². The van der Waals surface area contributed by atoms with Gasteiger partial charge in [-0.05, 0) is 30.3 Å². The molecule has 6 heteroatoms. The molecule has 124 valence electrons. The Morgan fingerprint density at radius 3 is 2.33 bits per heavy atom. The molecular weight excluding hydrogens is 330 g/mol. The molecule has 1 N–H and O–H groups in total. The summed E-state index contributed by atoms with van der Waals surface area (Å²) in [6.07, 6.45) is 0.323. The highest BCUT2D eigenvalue weighted by atomic mass is 35.5. The lowest BCUT2D eigenvalue weighted by Crippen LogP contribution is -2.18. The topological polar surface area (TPSA) is 64.6 Å². The van der Waals surface area contributed by atoms with Gasteiger partial charge in [0.2, 0.25) is 0 Å². The highest BCUT2D eigenvalue weighted by Crippen LogP contribution is 2.36. The molecule has 0 fully saturated rings. The summed E-state index contributed by atoms with van der Waals surface area (Å²) in [5.41, 5.74) is 1.26. The van der Waals surface area contributed by atoms with Crippen LogP contribution < -0.4 is 14.8 Å². The van der Waals surface area contributed by atoms with Crippen molar-refractivity contribution in [3.8, 4) is 11.5 Å². The van der Waals surface area contributed by atoms with Gasteiger partial charge in [-0.15, -0.1) is 0 Å². The minimum atomic E-state index is -0.325. The van der Waals surface area contributed by atoms with Crippen LogP contribution in [0.4, 0.5) is 5.69 Å². The fraction of sp³-hybridized carbons (Fsp3) is 0.222. The molecule has 0 radical (unpaired) electrons. The highest BCUT2D eigenvalue weighted by molar-refractivity contribution is 6.30. The lowest BCUT2D eigenvalue weighted by atomic mass is 10.0. The van der Waals surface area contributed by atoms with Gasteiger partial charge in [0.1, 0.15) is 13.2 Å². The van der Waals surface area contributed by atoms with E-state index in [0.29, 0.717) is 53.0 Å². The molecule has 1 aliphatic rings. The summed E-state index contributed by atoms with van der Waals surface area (Å²) in [5.74, 6) is 0.620. The summed E-state index contributed by atoms with van der Waals surface area (Å²) in [5, 5.41) is 3.32. The Morgan fingerprint density at radius 2 is 1.71 bits per heavy atom. The first kappa shape index (κ1) is 16.3. The number of ketones is 1. The van der Waals surface area contributed by atoms with E-state index < -0.39 is 0 Å². The quantitative estimate of drug-likeness (QED) is 0.852. The Hall–Kier alpha value is -2.53. The summed E-state index contributed by atoms with van der Waals surface area (Å²) in [7, 11) is 0. The fourth-order valence-corrected chi connectivity index (χ4v) is 2.54. The van der Waals surface area contributed by atoms with Gasteiger partial charge in [-0.2, -0.15) is 0 Å². The maximum atomic E-state index is 12.4. The first-order valence-electron chi connectivity index (χ1n) is 7.62. The molecule has 0 saturated carbocycles. The number of carbonyl (C=O) groups is 2. The van der Waals surface area contributed by atoms with Gasteiger partial charge in [0.15, 0.2) is 17.3 Å². The lowest BCUT2D eigenvalue weighted by molar-refractivity contribution is 0.0988. The molecule has 0 aliphatic carbocycles. The van der Waals surface area contributed by atoms with Crippen LogP contribution in [0.5, 0.6) is 11.5 Å². The fourth-order valence-electron chi connectivity index (χ4n) is 2.41. The zero-order valence-corrected chi connectivity index (χ0v) is 13.9. The van der Waals surface area contributed by atoms with E-state index in [1.54, 1.807) is 43.3 Å². The number of ether oxygens (including phenoxy) is 2. The Morgan fingerprint density at radius 1 is 1.08 bits per heavy atom. The molecule has 1 amide bonds. The largest absolute Gasteiger partial charge is 0.486 e. The molecule has 2 aromatic rings. The predicted molar refractivity (Wildman–Crippen MR) is 91.5 cm³/mol. The maximum Gasteiger partial charge on any atom is 0.255 e. The van der Waals surface area contributed by atoms with Gasteiger partial charge in [0.25, 0.3) is 5.91 Å². The van der Waals surface area contributed by atoms with Crippen LogP contribution >= 0.6 is 11.6 Å². The van der Waals surface area contributed by atoms with E-state index in [4.69, 9.17) is 21.1 Å². The molecule has 0 spiro atoms. The van der Waals surface area contributed by atoms with Crippen LogP contribution in [0.3, 0.4) is 0 Å². The van der Waals surface area contributed by atoms with E-state index in [-0.39, 0.29) is 11.7 Å². The number of benzene rings is 2. The summed E-state index contributed by atoms with van der Waals surface area (Å²) in [6, 6.07) is 9.77. The van der Waals surface area contributed by atoms with Gasteiger partial charge in [-0.3, -0.25) is 9.59 Å². The van der Waals surface area contributed by atoms with Crippen LogP contribution in [-0.2, 0) is 0 Å². The van der Waals surface area contributed by atoms with Crippen molar-refractivity contribution in [2.75, 3.05) is 18.5 Å². The van der Waals surface area contributed by atoms with Crippen LogP contribution in [0.2, 0.25) is 5.02 Å². The molecule has 1 heterocycles. The number of hydrogen-bond acceptors (Lipinski definition) is 4. The second kappa shape index (κ2) is 6.93. The van der Waals surface area contributed by atoms with Crippen molar-refractivity contribution in [3.05, 3.63) is 52.5 Å². The zero-order chi connectivity index (χ0) is 17.1. The number of hydrogen-bond donors (Lipinski definition) is 1. The van der Waals surface area contributed by atoms with E-state index in [2.05, 4.69) is 5.32 Å². The first-order chi connectivity index (χ1) is 11.6. The SMILES string of the molecule is CCC(=O)c1cc2c(cc1NC(=O)c1ccc(Cl)cc1)OCCO2. The number of anilines is 1.